The molecule has 4 unspecified atom stereocenters. The largest absolute Gasteiger partial charge is 0.506 e. The number of thiazole rings is 1. The van der Waals surface area contributed by atoms with Crippen molar-refractivity contribution < 1.29 is 58.1 Å². The predicted octanol–water partition coefficient (Wildman–Crippen LogP) is -1.10. The van der Waals surface area contributed by atoms with Gasteiger partial charge in [0, 0.05) is 5.69 Å². The van der Waals surface area contributed by atoms with Crippen LogP contribution in [0.15, 0.2) is 62.6 Å². The molecule has 0 saturated carbocycles. The van der Waals surface area contributed by atoms with Crippen LogP contribution in [0, 0.1) is 0 Å². The number of aliphatic hydroxyl groups excluding tert-OH is 6. The zero-order valence-electron chi connectivity index (χ0n) is 19.0. The molecule has 1 aromatic carbocycles. The van der Waals surface area contributed by atoms with Gasteiger partial charge in [-0.25, -0.2) is 23.0 Å². The van der Waals surface area contributed by atoms with E-state index in [4.69, 9.17) is 19.7 Å². The monoisotopic (exact) mass is 571 g/mol. The summed E-state index contributed by atoms with van der Waals surface area (Å²) in [6, 6.07) is 5.00. The standard InChI is InChI=1S/C21H21N3O12S2/c25-6-10(27)17-15(29)13(19(31)35-17)23-8-1-3-9(4-2-8)38(33,34)21-22-5-12(37-21)24-14-16(30)18(11(28)7-26)36-20(14)32/h1-5,10-11,17-18,23-30H,6-7H2. The molecule has 2 aliphatic rings. The molecule has 4 atom stereocenters. The Balaban J connectivity index is 1.49. The maximum absolute atomic E-state index is 13.0. The molecule has 1 aromatic heterocycles. The number of carbonyl (C=O) groups is 2. The number of nitrogens with zero attached hydrogens (tertiary/aromatic N) is 1. The Morgan fingerprint density at radius 1 is 0.895 bits per heavy atom. The van der Waals surface area contributed by atoms with Crippen LogP contribution in [0.5, 0.6) is 0 Å². The lowest BCUT2D eigenvalue weighted by Gasteiger charge is -2.14. The van der Waals surface area contributed by atoms with E-state index in [0.29, 0.717) is 11.3 Å². The number of sulfone groups is 1. The van der Waals surface area contributed by atoms with Crippen LogP contribution in [0.4, 0.5) is 10.7 Å². The van der Waals surface area contributed by atoms with Crippen LogP contribution in [-0.4, -0.2) is 93.6 Å². The van der Waals surface area contributed by atoms with Gasteiger partial charge in [0.2, 0.25) is 14.2 Å². The maximum atomic E-state index is 13.0. The van der Waals surface area contributed by atoms with E-state index in [9.17, 15) is 38.4 Å². The Kier molecular flexibility index (Phi) is 7.58. The van der Waals surface area contributed by atoms with Crippen molar-refractivity contribution in [3.63, 3.8) is 0 Å². The summed E-state index contributed by atoms with van der Waals surface area (Å²) in [7, 11) is -4.14. The Labute approximate surface area is 217 Å². The molecule has 204 valence electrons. The fraction of sp³-hybridized carbons (Fsp3) is 0.286. The minimum absolute atomic E-state index is 0.0567. The van der Waals surface area contributed by atoms with E-state index in [-0.39, 0.29) is 25.6 Å². The van der Waals surface area contributed by atoms with Crippen LogP contribution in [0.1, 0.15) is 0 Å². The Bertz CT molecular complexity index is 1420. The van der Waals surface area contributed by atoms with Gasteiger partial charge in [0.25, 0.3) is 0 Å². The minimum Gasteiger partial charge on any atom is -0.506 e. The molecule has 2 aromatic rings. The smallest absolute Gasteiger partial charge is 0.359 e. The highest BCUT2D eigenvalue weighted by Crippen LogP contribution is 2.32. The second kappa shape index (κ2) is 10.6. The third kappa shape index (κ3) is 5.02. The first-order valence-electron chi connectivity index (χ1n) is 10.7. The number of benzene rings is 1. The van der Waals surface area contributed by atoms with Gasteiger partial charge in [0.15, 0.2) is 35.1 Å². The zero-order chi connectivity index (χ0) is 27.8. The summed E-state index contributed by atoms with van der Waals surface area (Å²) in [6.45, 7) is -1.53. The molecular weight excluding hydrogens is 550 g/mol. The van der Waals surface area contributed by atoms with Gasteiger partial charge < -0.3 is 50.7 Å². The van der Waals surface area contributed by atoms with Crippen molar-refractivity contribution >= 4 is 43.8 Å². The summed E-state index contributed by atoms with van der Waals surface area (Å²) in [6.07, 6.45) is -4.91. The Hall–Kier alpha value is -3.74. The second-order valence-corrected chi connectivity index (χ2v) is 11.1. The summed E-state index contributed by atoms with van der Waals surface area (Å²) in [5.74, 6) is -3.29. The number of anilines is 2. The highest BCUT2D eigenvalue weighted by Gasteiger charge is 2.40. The predicted molar refractivity (Wildman–Crippen MR) is 127 cm³/mol. The number of carbonyl (C=O) groups excluding carboxylic acids is 2. The minimum atomic E-state index is -4.14. The molecule has 0 bridgehead atoms. The van der Waals surface area contributed by atoms with E-state index in [1.165, 1.54) is 24.3 Å². The summed E-state index contributed by atoms with van der Waals surface area (Å²) < 4.78 is 35.3. The molecule has 4 rings (SSSR count). The van der Waals surface area contributed by atoms with Gasteiger partial charge in [0.1, 0.15) is 17.2 Å². The lowest BCUT2D eigenvalue weighted by atomic mass is 10.1. The number of cyclic esters (lactones) is 2. The number of hydrogen-bond donors (Lipinski definition) is 8. The molecule has 15 nitrogen and oxygen atoms in total. The lowest BCUT2D eigenvalue weighted by Crippen LogP contribution is -2.31. The number of nitrogens with one attached hydrogen (secondary N) is 2. The first-order chi connectivity index (χ1) is 18.0. The quantitative estimate of drug-likeness (QED) is 0.158. The molecule has 0 fully saturated rings. The number of aromatic nitrogens is 1. The molecule has 2 aliphatic heterocycles. The number of rotatable bonds is 10. The van der Waals surface area contributed by atoms with E-state index in [2.05, 4.69) is 15.6 Å². The van der Waals surface area contributed by atoms with Crippen LogP contribution in [0.3, 0.4) is 0 Å². The molecule has 8 N–H and O–H groups in total. The fourth-order valence-corrected chi connectivity index (χ4v) is 5.86. The van der Waals surface area contributed by atoms with E-state index in [1.54, 1.807) is 0 Å². The number of hydrogen-bond acceptors (Lipinski definition) is 16. The molecule has 0 saturated heterocycles. The topological polar surface area (TPSA) is 245 Å². The van der Waals surface area contributed by atoms with Crippen molar-refractivity contribution in [2.24, 2.45) is 0 Å². The Morgan fingerprint density at radius 2 is 1.39 bits per heavy atom. The van der Waals surface area contributed by atoms with Gasteiger partial charge >= 0.3 is 11.9 Å². The van der Waals surface area contributed by atoms with E-state index >= 15 is 0 Å². The van der Waals surface area contributed by atoms with Gasteiger partial charge in [-0.3, -0.25) is 0 Å². The highest BCUT2D eigenvalue weighted by atomic mass is 32.2. The van der Waals surface area contributed by atoms with E-state index in [0.717, 1.165) is 6.20 Å². The van der Waals surface area contributed by atoms with Crippen molar-refractivity contribution in [3.05, 3.63) is 53.4 Å². The lowest BCUT2D eigenvalue weighted by molar-refractivity contribution is -0.146. The van der Waals surface area contributed by atoms with Gasteiger partial charge in [-0.05, 0) is 24.3 Å². The van der Waals surface area contributed by atoms with Gasteiger partial charge in [-0.2, -0.15) is 0 Å². The summed E-state index contributed by atoms with van der Waals surface area (Å²) in [4.78, 5) is 27.7. The average Bonchev–Trinajstić information content (AvgIpc) is 3.57. The van der Waals surface area contributed by atoms with Crippen LogP contribution >= 0.6 is 11.3 Å². The van der Waals surface area contributed by atoms with Gasteiger partial charge in [-0.15, -0.1) is 0 Å². The molecule has 38 heavy (non-hydrogen) atoms. The summed E-state index contributed by atoms with van der Waals surface area (Å²) >= 11 is 0.640. The first kappa shape index (κ1) is 27.3. The number of esters is 2. The van der Waals surface area contributed by atoms with Crippen molar-refractivity contribution in [2.45, 2.75) is 33.7 Å². The molecule has 17 heteroatoms. The van der Waals surface area contributed by atoms with Gasteiger partial charge in [-0.1, -0.05) is 11.3 Å². The van der Waals surface area contributed by atoms with Gasteiger partial charge in [0.05, 0.1) is 24.3 Å². The number of ether oxygens (including phenoxy) is 2. The third-order valence-electron chi connectivity index (χ3n) is 5.40. The van der Waals surface area contributed by atoms with E-state index < -0.39 is 76.6 Å². The van der Waals surface area contributed by atoms with Crippen LogP contribution in [-0.2, 0) is 28.9 Å². The summed E-state index contributed by atoms with van der Waals surface area (Å²) in [5, 5.41) is 62.7. The fourth-order valence-electron chi connectivity index (χ4n) is 3.42. The van der Waals surface area contributed by atoms with Crippen molar-refractivity contribution in [2.75, 3.05) is 23.8 Å². The number of aliphatic hydroxyl groups is 6. The van der Waals surface area contributed by atoms with Crippen molar-refractivity contribution in [1.82, 2.24) is 4.98 Å². The zero-order valence-corrected chi connectivity index (χ0v) is 20.6. The SMILES string of the molecule is O=C1OC(C(O)CO)C(O)=C1Nc1ccc(S(=O)(=O)c2ncc(NC3=C(O)C(C(O)CO)OC3=O)s2)cc1. The first-order valence-corrected chi connectivity index (χ1v) is 13.0. The molecule has 0 spiro atoms. The Morgan fingerprint density at radius 3 is 1.89 bits per heavy atom. The van der Waals surface area contributed by atoms with Crippen LogP contribution < -0.4 is 10.6 Å². The average molecular weight is 572 g/mol. The molecule has 0 aliphatic carbocycles. The second-order valence-electron chi connectivity index (χ2n) is 7.94. The molecule has 3 heterocycles. The maximum Gasteiger partial charge on any atom is 0.359 e. The van der Waals surface area contributed by atoms with Crippen molar-refractivity contribution in [1.29, 1.82) is 0 Å². The highest BCUT2D eigenvalue weighted by molar-refractivity contribution is 7.93. The van der Waals surface area contributed by atoms with Crippen molar-refractivity contribution in [3.8, 4) is 0 Å². The molecule has 0 amide bonds. The normalized spacial score (nSPS) is 21.4. The third-order valence-corrected chi connectivity index (χ3v) is 8.47. The molecular formula is C21H21N3O12S2. The summed E-state index contributed by atoms with van der Waals surface area (Å²) in [5.41, 5.74) is -0.627. The molecule has 0 radical (unpaired) electrons. The van der Waals surface area contributed by atoms with Crippen LogP contribution in [0.25, 0.3) is 0 Å². The van der Waals surface area contributed by atoms with E-state index in [1.807, 2.05) is 0 Å². The van der Waals surface area contributed by atoms with Crippen LogP contribution in [0.2, 0.25) is 0 Å².